The van der Waals surface area contributed by atoms with Crippen molar-refractivity contribution in [2.24, 2.45) is 0 Å². The largest absolute Gasteiger partial charge is 0.343 e. The van der Waals surface area contributed by atoms with Crippen molar-refractivity contribution in [3.05, 3.63) is 59.7 Å². The van der Waals surface area contributed by atoms with Gasteiger partial charge in [0.05, 0.1) is 5.69 Å². The van der Waals surface area contributed by atoms with E-state index in [1.807, 2.05) is 30.9 Å². The van der Waals surface area contributed by atoms with E-state index in [0.717, 1.165) is 47.5 Å². The maximum absolute atomic E-state index is 12.2. The Kier molecular flexibility index (Phi) is 7.69. The van der Waals surface area contributed by atoms with Crippen LogP contribution in [-0.4, -0.2) is 44.4 Å². The Balaban J connectivity index is 1.82. The van der Waals surface area contributed by atoms with Crippen molar-refractivity contribution < 1.29 is 4.79 Å². The van der Waals surface area contributed by atoms with Gasteiger partial charge in [-0.2, -0.15) is 0 Å². The van der Waals surface area contributed by atoms with Crippen LogP contribution in [0.25, 0.3) is 17.1 Å². The van der Waals surface area contributed by atoms with E-state index < -0.39 is 0 Å². The zero-order chi connectivity index (χ0) is 21.5. The van der Waals surface area contributed by atoms with Gasteiger partial charge in [-0.3, -0.25) is 9.36 Å². The lowest BCUT2D eigenvalue weighted by molar-refractivity contribution is -0.130. The van der Waals surface area contributed by atoms with E-state index >= 15 is 0 Å². The number of aromatic nitrogens is 3. The summed E-state index contributed by atoms with van der Waals surface area (Å²) in [6.45, 7) is 9.76. The minimum absolute atomic E-state index is 0.223. The van der Waals surface area contributed by atoms with Gasteiger partial charge in [0, 0.05) is 30.8 Å². The Morgan fingerprint density at radius 1 is 1.00 bits per heavy atom. The number of amides is 1. The number of nitrogens with zero attached hydrogens (tertiary/aromatic N) is 4. The van der Waals surface area contributed by atoms with Gasteiger partial charge in [0.2, 0.25) is 5.91 Å². The highest BCUT2D eigenvalue weighted by Crippen LogP contribution is 2.30. The smallest absolute Gasteiger partial charge is 0.222 e. The van der Waals surface area contributed by atoms with Gasteiger partial charge in [-0.1, -0.05) is 59.8 Å². The summed E-state index contributed by atoms with van der Waals surface area (Å²) in [6.07, 6.45) is 1.39. The van der Waals surface area contributed by atoms with Gasteiger partial charge in [0.15, 0.2) is 11.0 Å². The minimum atomic E-state index is 0.223. The number of aryl methyl sites for hydroxylation is 2. The average Bonchev–Trinajstić information content (AvgIpc) is 3.16. The number of benzene rings is 2. The molecule has 0 saturated heterocycles. The highest BCUT2D eigenvalue weighted by Gasteiger charge is 2.17. The summed E-state index contributed by atoms with van der Waals surface area (Å²) < 4.78 is 2.14. The third kappa shape index (κ3) is 5.11. The van der Waals surface area contributed by atoms with Gasteiger partial charge in [-0.05, 0) is 45.7 Å². The number of hydrogen-bond donors (Lipinski definition) is 0. The standard InChI is InChI=1S/C24H30N4OS/c1-5-27(6-2)22(29)12-9-17-30-24-26-25-23(20-15-13-18(3)14-16-20)28(24)21-11-8-7-10-19(21)4/h7-8,10-11,13-16H,5-6,9,12,17H2,1-4H3. The first kappa shape index (κ1) is 22.1. The Morgan fingerprint density at radius 3 is 2.37 bits per heavy atom. The molecule has 0 fully saturated rings. The van der Waals surface area contributed by atoms with Crippen molar-refractivity contribution in [3.63, 3.8) is 0 Å². The van der Waals surface area contributed by atoms with E-state index in [0.29, 0.717) is 6.42 Å². The normalized spacial score (nSPS) is 10.9. The van der Waals surface area contributed by atoms with Gasteiger partial charge in [-0.25, -0.2) is 0 Å². The van der Waals surface area contributed by atoms with Gasteiger partial charge in [0.1, 0.15) is 0 Å². The van der Waals surface area contributed by atoms with Crippen LogP contribution in [0.1, 0.15) is 37.8 Å². The van der Waals surface area contributed by atoms with Crippen LogP contribution in [0.4, 0.5) is 0 Å². The summed E-state index contributed by atoms with van der Waals surface area (Å²) in [5, 5.41) is 9.87. The number of hydrogen-bond acceptors (Lipinski definition) is 4. The molecule has 0 radical (unpaired) electrons. The molecule has 0 spiro atoms. The lowest BCUT2D eigenvalue weighted by Gasteiger charge is -2.18. The fraction of sp³-hybridized carbons (Fsp3) is 0.375. The first-order valence-corrected chi connectivity index (χ1v) is 11.5. The Morgan fingerprint density at radius 2 is 1.70 bits per heavy atom. The molecular formula is C24H30N4OS. The van der Waals surface area contributed by atoms with Gasteiger partial charge in [-0.15, -0.1) is 10.2 Å². The van der Waals surface area contributed by atoms with E-state index in [-0.39, 0.29) is 5.91 Å². The molecule has 1 amide bonds. The third-order valence-electron chi connectivity index (χ3n) is 5.18. The second kappa shape index (κ2) is 10.4. The highest BCUT2D eigenvalue weighted by atomic mass is 32.2. The predicted molar refractivity (Wildman–Crippen MR) is 124 cm³/mol. The molecule has 3 rings (SSSR count). The molecule has 30 heavy (non-hydrogen) atoms. The number of para-hydroxylation sites is 1. The van der Waals surface area contributed by atoms with E-state index in [2.05, 4.69) is 65.0 Å². The lowest BCUT2D eigenvalue weighted by atomic mass is 10.1. The van der Waals surface area contributed by atoms with Crippen molar-refractivity contribution in [2.45, 2.75) is 45.7 Å². The molecule has 0 N–H and O–H groups in total. The summed E-state index contributed by atoms with van der Waals surface area (Å²) in [6, 6.07) is 16.7. The summed E-state index contributed by atoms with van der Waals surface area (Å²) in [7, 11) is 0. The average molecular weight is 423 g/mol. The van der Waals surface area contributed by atoms with Crippen LogP contribution >= 0.6 is 11.8 Å². The number of thioether (sulfide) groups is 1. The van der Waals surface area contributed by atoms with Gasteiger partial charge in [0.25, 0.3) is 0 Å². The van der Waals surface area contributed by atoms with Crippen molar-refractivity contribution >= 4 is 17.7 Å². The SMILES string of the molecule is CCN(CC)C(=O)CCCSc1nnc(-c2ccc(C)cc2)n1-c1ccccc1C. The van der Waals surface area contributed by atoms with Crippen LogP contribution in [0.3, 0.4) is 0 Å². The zero-order valence-electron chi connectivity index (χ0n) is 18.3. The van der Waals surface area contributed by atoms with Crippen molar-refractivity contribution in [3.8, 4) is 17.1 Å². The molecule has 5 nitrogen and oxygen atoms in total. The summed E-state index contributed by atoms with van der Waals surface area (Å²) >= 11 is 1.66. The maximum atomic E-state index is 12.2. The first-order chi connectivity index (χ1) is 14.5. The Labute approximate surface area is 183 Å². The van der Waals surface area contributed by atoms with Crippen molar-refractivity contribution in [2.75, 3.05) is 18.8 Å². The molecule has 0 aliphatic carbocycles. The summed E-state index contributed by atoms with van der Waals surface area (Å²) in [4.78, 5) is 14.1. The fourth-order valence-corrected chi connectivity index (χ4v) is 4.29. The highest BCUT2D eigenvalue weighted by molar-refractivity contribution is 7.99. The van der Waals surface area contributed by atoms with Crippen LogP contribution in [0, 0.1) is 13.8 Å². The molecular weight excluding hydrogens is 392 g/mol. The molecule has 0 aliphatic heterocycles. The Hall–Kier alpha value is -2.60. The van der Waals surface area contributed by atoms with E-state index in [4.69, 9.17) is 0 Å². The van der Waals surface area contributed by atoms with Crippen molar-refractivity contribution in [1.82, 2.24) is 19.7 Å². The van der Waals surface area contributed by atoms with Crippen LogP contribution in [0.5, 0.6) is 0 Å². The second-order valence-electron chi connectivity index (χ2n) is 7.31. The van der Waals surface area contributed by atoms with Crippen LogP contribution in [0.15, 0.2) is 53.7 Å². The molecule has 1 heterocycles. The number of rotatable bonds is 9. The predicted octanol–water partition coefficient (Wildman–Crippen LogP) is 5.29. The minimum Gasteiger partial charge on any atom is -0.343 e. The second-order valence-corrected chi connectivity index (χ2v) is 8.37. The van der Waals surface area contributed by atoms with E-state index in [9.17, 15) is 4.79 Å². The topological polar surface area (TPSA) is 51.0 Å². The molecule has 0 unspecified atom stereocenters. The van der Waals surface area contributed by atoms with Crippen LogP contribution < -0.4 is 0 Å². The molecule has 6 heteroatoms. The molecule has 0 aliphatic rings. The molecule has 2 aromatic carbocycles. The first-order valence-electron chi connectivity index (χ1n) is 10.5. The van der Waals surface area contributed by atoms with E-state index in [1.165, 1.54) is 11.1 Å². The molecule has 1 aromatic heterocycles. The molecule has 0 atom stereocenters. The van der Waals surface area contributed by atoms with E-state index in [1.54, 1.807) is 11.8 Å². The molecule has 3 aromatic rings. The molecule has 0 bridgehead atoms. The van der Waals surface area contributed by atoms with Crippen LogP contribution in [0.2, 0.25) is 0 Å². The molecule has 0 saturated carbocycles. The van der Waals surface area contributed by atoms with Crippen molar-refractivity contribution in [1.29, 1.82) is 0 Å². The maximum Gasteiger partial charge on any atom is 0.222 e. The summed E-state index contributed by atoms with van der Waals surface area (Å²) in [5.41, 5.74) is 4.51. The summed E-state index contributed by atoms with van der Waals surface area (Å²) in [5.74, 6) is 1.89. The van der Waals surface area contributed by atoms with Crippen LogP contribution in [-0.2, 0) is 4.79 Å². The zero-order valence-corrected chi connectivity index (χ0v) is 19.1. The Bertz CT molecular complexity index is 977. The van der Waals surface area contributed by atoms with Gasteiger partial charge >= 0.3 is 0 Å². The number of carbonyl (C=O) groups excluding carboxylic acids is 1. The number of carbonyl (C=O) groups is 1. The fourth-order valence-electron chi connectivity index (χ4n) is 3.41. The van der Waals surface area contributed by atoms with Gasteiger partial charge < -0.3 is 4.90 Å². The quantitative estimate of drug-likeness (QED) is 0.347. The lowest BCUT2D eigenvalue weighted by Crippen LogP contribution is -2.30. The monoisotopic (exact) mass is 422 g/mol. The third-order valence-corrected chi connectivity index (χ3v) is 6.20. The molecule has 158 valence electrons.